The molecule has 3 radical (unpaired) electrons. The molecule has 0 aliphatic carbocycles. The van der Waals surface area contributed by atoms with Gasteiger partial charge in [-0.2, -0.15) is 0 Å². The van der Waals surface area contributed by atoms with Gasteiger partial charge in [-0.3, -0.25) is 28.7 Å². The number of hydrogen-bond donors (Lipinski definition) is 0. The molecule has 0 amide bonds. The van der Waals surface area contributed by atoms with E-state index in [4.69, 9.17) is 19.5 Å². The van der Waals surface area contributed by atoms with Crippen LogP contribution in [0.1, 0.15) is 152 Å². The quantitative estimate of drug-likeness (QED) is 0.0695. The number of fused-ring (bicyclic) bond motifs is 6. The maximum atomic E-state index is 12.8. The topological polar surface area (TPSA) is 139 Å². The summed E-state index contributed by atoms with van der Waals surface area (Å²) in [6, 6.07) is 15.4. The van der Waals surface area contributed by atoms with E-state index < -0.39 is 31.4 Å². The predicted octanol–water partition coefficient (Wildman–Crippen LogP) is 12.2. The van der Waals surface area contributed by atoms with E-state index in [2.05, 4.69) is 142 Å². The highest BCUT2D eigenvalue weighted by Crippen LogP contribution is 2.41. The number of benzene rings is 2. The Balaban J connectivity index is 0.000000234. The second-order valence-electron chi connectivity index (χ2n) is 20.5. The third-order valence-electron chi connectivity index (χ3n) is 11.1. The molecule has 0 unspecified atom stereocenters. The SMILES string of the molecule is CC#C[Si](C)(C)C.CC#Cc1ccc(C2=N[C@@H](CC(=O)OC(C)(C)C)c3nnc(C)n3-c3sc(C)c(C)c32)cc1.Cc1sc2c(c1C)C(c1ccc(I)cc1)=N[C@@H](CC(=O)OC(C)(C)C)c1nnc(C)n1-2.[B]. The molecule has 2 aliphatic rings. The number of carbonyl (C=O) groups excluding carboxylic acids is 2. The molecule has 6 heterocycles. The normalized spacial score (nSPS) is 14.6. The molecule has 2 atom stereocenters. The van der Waals surface area contributed by atoms with E-state index >= 15 is 0 Å². The number of thiophene rings is 2. The van der Waals surface area contributed by atoms with E-state index in [0.717, 1.165) is 64.5 Å². The largest absolute Gasteiger partial charge is 0.460 e. The van der Waals surface area contributed by atoms with Crippen LogP contribution in [0.5, 0.6) is 0 Å². The summed E-state index contributed by atoms with van der Waals surface area (Å²) in [6.45, 7) is 34.0. The summed E-state index contributed by atoms with van der Waals surface area (Å²) >= 11 is 5.70. The van der Waals surface area contributed by atoms with Gasteiger partial charge in [-0.15, -0.1) is 60.5 Å². The number of halogens is 1. The Morgan fingerprint density at radius 3 is 1.36 bits per heavy atom. The molecule has 8 rings (SSSR count). The average molecular weight is 1130 g/mol. The Labute approximate surface area is 450 Å². The first-order chi connectivity index (χ1) is 33.2. The molecule has 0 saturated heterocycles. The molecule has 0 fully saturated rings. The predicted molar refractivity (Wildman–Crippen MR) is 305 cm³/mol. The molecule has 4 aromatic heterocycles. The zero-order chi connectivity index (χ0) is 52.3. The van der Waals surface area contributed by atoms with Crippen molar-refractivity contribution >= 4 is 85.1 Å². The molecule has 0 saturated carbocycles. The lowest BCUT2D eigenvalue weighted by Gasteiger charge is -2.21. The van der Waals surface area contributed by atoms with E-state index in [1.807, 2.05) is 98.1 Å². The molecule has 0 spiro atoms. The summed E-state index contributed by atoms with van der Waals surface area (Å²) in [5.41, 5.74) is 11.2. The molecule has 6 aromatic rings. The van der Waals surface area contributed by atoms with Crippen molar-refractivity contribution in [1.29, 1.82) is 0 Å². The number of aliphatic imine (C=N–C) groups is 2. The first-order valence-corrected chi connectivity index (χ1v) is 29.8. The number of hydrogen-bond acceptors (Lipinski definition) is 12. The van der Waals surface area contributed by atoms with Crippen molar-refractivity contribution in [3.8, 4) is 33.3 Å². The Hall–Kier alpha value is -5.47. The monoisotopic (exact) mass is 1130 g/mol. The lowest BCUT2D eigenvalue weighted by Crippen LogP contribution is -2.25. The number of aryl methyl sites for hydroxylation is 4. The van der Waals surface area contributed by atoms with Crippen molar-refractivity contribution in [2.45, 2.75) is 153 Å². The third kappa shape index (κ3) is 13.8. The van der Waals surface area contributed by atoms with E-state index in [-0.39, 0.29) is 33.2 Å². The van der Waals surface area contributed by atoms with Gasteiger partial charge >= 0.3 is 11.9 Å². The van der Waals surface area contributed by atoms with Crippen molar-refractivity contribution < 1.29 is 19.1 Å². The summed E-state index contributed by atoms with van der Waals surface area (Å²) in [4.78, 5) is 38.2. The number of rotatable bonds is 6. The minimum Gasteiger partial charge on any atom is -0.460 e. The maximum Gasteiger partial charge on any atom is 0.308 e. The highest BCUT2D eigenvalue weighted by atomic mass is 127. The highest BCUT2D eigenvalue weighted by molar-refractivity contribution is 14.1. The van der Waals surface area contributed by atoms with Crippen molar-refractivity contribution in [2.24, 2.45) is 9.98 Å². The summed E-state index contributed by atoms with van der Waals surface area (Å²) in [6.07, 6.45) is 0.196. The van der Waals surface area contributed by atoms with Crippen LogP contribution in [-0.2, 0) is 19.1 Å². The second-order valence-corrected chi connectivity index (χ2v) is 28.9. The number of esters is 2. The van der Waals surface area contributed by atoms with Crippen LogP contribution in [-0.4, -0.2) is 80.6 Å². The molecular formula is C55H65BIN8O4S2Si. The minimum absolute atomic E-state index is 0. The van der Waals surface area contributed by atoms with Crippen molar-refractivity contribution in [2.75, 3.05) is 0 Å². The van der Waals surface area contributed by atoms with Crippen LogP contribution in [0.15, 0.2) is 58.5 Å². The van der Waals surface area contributed by atoms with Crippen LogP contribution < -0.4 is 0 Å². The Bertz CT molecular complexity index is 3160. The standard InChI is InChI=1S/C26H28N4O2S.C23H25IN4O2S.C6H12Si.B/c1-8-9-18-10-12-19(13-11-18)23-22-15(2)16(3)33-25(22)30-17(4)28-29-24(30)20(27-23)14-21(31)32-26(5,6)7;1-12-13(2)31-22-19(12)20(15-7-9-16(24)10-8-15)25-17(11-18(29)30-23(4,5)6)21-27-26-14(3)28(21)22;1-5-6-7(2,3)4;/h10-13,20H,14H2,1-7H3;7-10,17H,11H2,1-6H3;1-4H3;/t20-;17-;;/m00../s1. The summed E-state index contributed by atoms with van der Waals surface area (Å²) in [5, 5.41) is 19.6. The van der Waals surface area contributed by atoms with Crippen LogP contribution in [0.25, 0.3) is 10.0 Å². The fourth-order valence-corrected chi connectivity index (χ4v) is 11.5. The Kier molecular flexibility index (Phi) is 18.5. The van der Waals surface area contributed by atoms with Crippen molar-refractivity contribution in [3.05, 3.63) is 124 Å². The van der Waals surface area contributed by atoms with Gasteiger partial charge in [0.25, 0.3) is 0 Å². The summed E-state index contributed by atoms with van der Waals surface area (Å²) < 4.78 is 16.5. The third-order valence-corrected chi connectivity index (χ3v) is 15.2. The van der Waals surface area contributed by atoms with Crippen molar-refractivity contribution in [1.82, 2.24) is 29.5 Å². The smallest absolute Gasteiger partial charge is 0.308 e. The van der Waals surface area contributed by atoms with Gasteiger partial charge in [0.1, 0.15) is 53.0 Å². The zero-order valence-corrected chi connectivity index (χ0v) is 49.5. The van der Waals surface area contributed by atoms with E-state index in [0.29, 0.717) is 11.6 Å². The number of ether oxygens (including phenoxy) is 2. The minimum atomic E-state index is -1.02. The van der Waals surface area contributed by atoms with Gasteiger partial charge in [-0.25, -0.2) is 0 Å². The molecule has 72 heavy (non-hydrogen) atoms. The number of carbonyl (C=O) groups is 2. The summed E-state index contributed by atoms with van der Waals surface area (Å²) in [7, 11) is -1.02. The van der Waals surface area contributed by atoms with Gasteiger partial charge in [0.15, 0.2) is 11.6 Å². The van der Waals surface area contributed by atoms with Gasteiger partial charge in [0.05, 0.1) is 24.3 Å². The van der Waals surface area contributed by atoms with Gasteiger partial charge in [0.2, 0.25) is 0 Å². The average Bonchev–Trinajstić information content (AvgIpc) is 3.95. The van der Waals surface area contributed by atoms with Gasteiger partial charge in [-0.05, 0) is 155 Å². The molecule has 0 N–H and O–H groups in total. The van der Waals surface area contributed by atoms with E-state index in [1.54, 1.807) is 22.7 Å². The van der Waals surface area contributed by atoms with Crippen LogP contribution >= 0.6 is 45.3 Å². The van der Waals surface area contributed by atoms with Crippen LogP contribution in [0.2, 0.25) is 19.6 Å². The van der Waals surface area contributed by atoms with E-state index in [1.165, 1.54) is 20.9 Å². The molecule has 0 bridgehead atoms. The van der Waals surface area contributed by atoms with Crippen LogP contribution in [0.4, 0.5) is 0 Å². The number of aromatic nitrogens is 6. The zero-order valence-electron chi connectivity index (χ0n) is 44.7. The first-order valence-electron chi connectivity index (χ1n) is 23.6. The molecule has 2 aliphatic heterocycles. The number of nitrogens with zero attached hydrogens (tertiary/aromatic N) is 8. The fourth-order valence-electron chi connectivity index (χ4n) is 7.97. The maximum absolute atomic E-state index is 12.8. The molecule has 375 valence electrons. The van der Waals surface area contributed by atoms with Gasteiger partial charge in [-0.1, -0.05) is 49.8 Å². The highest BCUT2D eigenvalue weighted by Gasteiger charge is 2.35. The Morgan fingerprint density at radius 2 is 1.03 bits per heavy atom. The Morgan fingerprint density at radius 1 is 0.639 bits per heavy atom. The lowest BCUT2D eigenvalue weighted by molar-refractivity contribution is -0.156. The second kappa shape index (κ2) is 23.2. The molecule has 12 nitrogen and oxygen atoms in total. The van der Waals surface area contributed by atoms with E-state index in [9.17, 15) is 9.59 Å². The molecular weight excluding hydrogens is 1070 g/mol. The molecule has 17 heteroatoms. The van der Waals surface area contributed by atoms with Gasteiger partial charge < -0.3 is 9.47 Å². The lowest BCUT2D eigenvalue weighted by atomic mass is 9.98. The fraction of sp³-hybridized carbons (Fsp3) is 0.418. The molecule has 2 aromatic carbocycles. The first kappa shape index (κ1) is 57.4. The van der Waals surface area contributed by atoms with Crippen LogP contribution in [0.3, 0.4) is 0 Å². The van der Waals surface area contributed by atoms with Crippen LogP contribution in [0, 0.1) is 68.4 Å². The van der Waals surface area contributed by atoms with Gasteiger partial charge in [0, 0.05) is 49.6 Å². The summed E-state index contributed by atoms with van der Waals surface area (Å²) in [5.74, 6) is 11.2. The van der Waals surface area contributed by atoms with Crippen molar-refractivity contribution in [3.63, 3.8) is 0 Å².